The lowest BCUT2D eigenvalue weighted by molar-refractivity contribution is -0.124. The fraction of sp³-hybridized carbons (Fsp3) is 0.364. The van der Waals surface area contributed by atoms with Crippen LogP contribution in [-0.2, 0) is 14.8 Å². The van der Waals surface area contributed by atoms with Gasteiger partial charge in [-0.05, 0) is 61.7 Å². The van der Waals surface area contributed by atoms with E-state index in [9.17, 15) is 18.0 Å². The summed E-state index contributed by atoms with van der Waals surface area (Å²) in [6, 6.07) is 11.6. The van der Waals surface area contributed by atoms with Gasteiger partial charge in [-0.15, -0.1) is 0 Å². The van der Waals surface area contributed by atoms with Crippen molar-refractivity contribution < 1.29 is 18.0 Å². The van der Waals surface area contributed by atoms with E-state index in [0.29, 0.717) is 30.1 Å². The van der Waals surface area contributed by atoms with Gasteiger partial charge in [-0.1, -0.05) is 31.0 Å². The SMILES string of the molecule is CCCCNC(=O)[C@@H]1CCCN1C(=O)c1cccc(NS(=O)(=O)c2ccc(Cl)cc2)c1. The topological polar surface area (TPSA) is 95.6 Å². The van der Waals surface area contributed by atoms with Gasteiger partial charge >= 0.3 is 0 Å². The van der Waals surface area contributed by atoms with Crippen molar-refractivity contribution in [3.63, 3.8) is 0 Å². The molecule has 1 heterocycles. The minimum Gasteiger partial charge on any atom is -0.354 e. The number of hydrogen-bond acceptors (Lipinski definition) is 4. The molecule has 0 bridgehead atoms. The summed E-state index contributed by atoms with van der Waals surface area (Å²) in [7, 11) is -3.83. The van der Waals surface area contributed by atoms with Crippen molar-refractivity contribution in [3.05, 3.63) is 59.1 Å². The summed E-state index contributed by atoms with van der Waals surface area (Å²) in [4.78, 5) is 27.2. The number of rotatable bonds is 8. The smallest absolute Gasteiger partial charge is 0.261 e. The third-order valence-corrected chi connectivity index (χ3v) is 6.78. The van der Waals surface area contributed by atoms with E-state index >= 15 is 0 Å². The van der Waals surface area contributed by atoms with Crippen LogP contribution in [0, 0.1) is 0 Å². The van der Waals surface area contributed by atoms with Crippen LogP contribution in [0.4, 0.5) is 5.69 Å². The lowest BCUT2D eigenvalue weighted by Gasteiger charge is -2.24. The van der Waals surface area contributed by atoms with Crippen LogP contribution in [-0.4, -0.2) is 44.3 Å². The molecule has 1 atom stereocenters. The second kappa shape index (κ2) is 10.2. The number of carbonyl (C=O) groups excluding carboxylic acids is 2. The van der Waals surface area contributed by atoms with Crippen molar-refractivity contribution in [2.45, 2.75) is 43.5 Å². The first-order valence-electron chi connectivity index (χ1n) is 10.3. The molecule has 31 heavy (non-hydrogen) atoms. The highest BCUT2D eigenvalue weighted by molar-refractivity contribution is 7.92. The molecule has 2 amide bonds. The van der Waals surface area contributed by atoms with Crippen molar-refractivity contribution in [3.8, 4) is 0 Å². The Balaban J connectivity index is 1.73. The molecule has 1 saturated heterocycles. The molecule has 0 radical (unpaired) electrons. The largest absolute Gasteiger partial charge is 0.354 e. The van der Waals surface area contributed by atoms with Crippen molar-refractivity contribution in [2.24, 2.45) is 0 Å². The van der Waals surface area contributed by atoms with E-state index in [-0.39, 0.29) is 22.4 Å². The number of halogens is 1. The second-order valence-electron chi connectivity index (χ2n) is 7.44. The van der Waals surface area contributed by atoms with Crippen molar-refractivity contribution in [1.82, 2.24) is 10.2 Å². The summed E-state index contributed by atoms with van der Waals surface area (Å²) >= 11 is 5.82. The summed E-state index contributed by atoms with van der Waals surface area (Å²) in [5.74, 6) is -0.431. The fourth-order valence-electron chi connectivity index (χ4n) is 3.50. The molecular weight excluding hydrogens is 438 g/mol. The Hall–Kier alpha value is -2.58. The van der Waals surface area contributed by atoms with E-state index in [4.69, 9.17) is 11.6 Å². The molecule has 0 aromatic heterocycles. The lowest BCUT2D eigenvalue weighted by atomic mass is 10.1. The Labute approximate surface area is 187 Å². The lowest BCUT2D eigenvalue weighted by Crippen LogP contribution is -2.46. The van der Waals surface area contributed by atoms with Crippen LogP contribution in [0.1, 0.15) is 43.0 Å². The molecule has 1 aliphatic rings. The molecular formula is C22H26ClN3O4S. The van der Waals surface area contributed by atoms with Gasteiger partial charge in [0.2, 0.25) is 5.91 Å². The summed E-state index contributed by atoms with van der Waals surface area (Å²) in [6.07, 6.45) is 3.24. The van der Waals surface area contributed by atoms with Crippen LogP contribution in [0.3, 0.4) is 0 Å². The zero-order valence-electron chi connectivity index (χ0n) is 17.3. The monoisotopic (exact) mass is 463 g/mol. The third kappa shape index (κ3) is 5.77. The minimum atomic E-state index is -3.83. The number of nitrogens with zero attached hydrogens (tertiary/aromatic N) is 1. The fourth-order valence-corrected chi connectivity index (χ4v) is 4.67. The van der Waals surface area contributed by atoms with Gasteiger partial charge in [-0.2, -0.15) is 0 Å². The highest BCUT2D eigenvalue weighted by Gasteiger charge is 2.34. The van der Waals surface area contributed by atoms with Crippen LogP contribution in [0.15, 0.2) is 53.4 Å². The molecule has 2 N–H and O–H groups in total. The summed E-state index contributed by atoms with van der Waals surface area (Å²) in [5.41, 5.74) is 0.591. The van der Waals surface area contributed by atoms with Gasteiger partial charge in [-0.25, -0.2) is 8.42 Å². The molecule has 0 unspecified atom stereocenters. The standard InChI is InChI=1S/C22H26ClN3O4S/c1-2-3-13-24-21(27)20-8-5-14-26(20)22(28)16-6-4-7-18(15-16)25-31(29,30)19-11-9-17(23)10-12-19/h4,6-7,9-12,15,20,25H,2-3,5,8,13-14H2,1H3,(H,24,27)/t20-/m0/s1. The maximum Gasteiger partial charge on any atom is 0.261 e. The molecule has 0 spiro atoms. The number of amides is 2. The highest BCUT2D eigenvalue weighted by atomic mass is 35.5. The van der Waals surface area contributed by atoms with Gasteiger partial charge < -0.3 is 10.2 Å². The second-order valence-corrected chi connectivity index (χ2v) is 9.56. The molecule has 7 nitrogen and oxygen atoms in total. The van der Waals surface area contributed by atoms with Crippen molar-refractivity contribution in [2.75, 3.05) is 17.8 Å². The molecule has 3 rings (SSSR count). The number of carbonyl (C=O) groups is 2. The van der Waals surface area contributed by atoms with Gasteiger partial charge in [0, 0.05) is 29.4 Å². The quantitative estimate of drug-likeness (QED) is 0.584. The van der Waals surface area contributed by atoms with Crippen LogP contribution in [0.25, 0.3) is 0 Å². The molecule has 1 fully saturated rings. The first-order valence-corrected chi connectivity index (χ1v) is 12.1. The zero-order valence-corrected chi connectivity index (χ0v) is 18.9. The molecule has 1 aliphatic heterocycles. The van der Waals surface area contributed by atoms with Crippen LogP contribution >= 0.6 is 11.6 Å². The summed E-state index contributed by atoms with van der Waals surface area (Å²) in [6.45, 7) is 3.13. The average Bonchev–Trinajstić information content (AvgIpc) is 3.23. The first-order chi connectivity index (χ1) is 14.8. The van der Waals surface area contributed by atoms with E-state index < -0.39 is 16.1 Å². The van der Waals surface area contributed by atoms with Gasteiger partial charge in [0.25, 0.3) is 15.9 Å². The van der Waals surface area contributed by atoms with Gasteiger partial charge in [0.05, 0.1) is 4.90 Å². The van der Waals surface area contributed by atoms with Crippen LogP contribution in [0.5, 0.6) is 0 Å². The average molecular weight is 464 g/mol. The predicted octanol–water partition coefficient (Wildman–Crippen LogP) is 3.66. The maximum absolute atomic E-state index is 13.1. The normalized spacial score (nSPS) is 16.2. The number of likely N-dealkylation sites (tertiary alicyclic amines) is 1. The van der Waals surface area contributed by atoms with E-state index in [1.54, 1.807) is 23.1 Å². The molecule has 9 heteroatoms. The number of benzene rings is 2. The first kappa shape index (κ1) is 23.1. The van der Waals surface area contributed by atoms with Crippen molar-refractivity contribution >= 4 is 39.1 Å². The summed E-state index contributed by atoms with van der Waals surface area (Å²) in [5, 5.41) is 3.33. The summed E-state index contributed by atoms with van der Waals surface area (Å²) < 4.78 is 27.7. The Kier molecular flexibility index (Phi) is 7.56. The Morgan fingerprint density at radius 1 is 1.16 bits per heavy atom. The number of unbranched alkanes of at least 4 members (excludes halogenated alkanes) is 1. The number of anilines is 1. The molecule has 0 saturated carbocycles. The molecule has 0 aliphatic carbocycles. The number of hydrogen-bond donors (Lipinski definition) is 2. The van der Waals surface area contributed by atoms with Crippen LogP contribution < -0.4 is 10.0 Å². The Bertz CT molecular complexity index is 1040. The third-order valence-electron chi connectivity index (χ3n) is 5.13. The highest BCUT2D eigenvalue weighted by Crippen LogP contribution is 2.23. The number of nitrogens with one attached hydrogen (secondary N) is 2. The van der Waals surface area contributed by atoms with E-state index in [1.807, 2.05) is 6.92 Å². The van der Waals surface area contributed by atoms with Gasteiger partial charge in [-0.3, -0.25) is 14.3 Å². The molecule has 2 aromatic rings. The molecule has 166 valence electrons. The van der Waals surface area contributed by atoms with Gasteiger partial charge in [0.15, 0.2) is 0 Å². The van der Waals surface area contributed by atoms with E-state index in [2.05, 4.69) is 10.0 Å². The number of sulfonamides is 1. The van der Waals surface area contributed by atoms with Crippen molar-refractivity contribution in [1.29, 1.82) is 0 Å². The van der Waals surface area contributed by atoms with Gasteiger partial charge in [0.1, 0.15) is 6.04 Å². The Morgan fingerprint density at radius 3 is 2.61 bits per heavy atom. The maximum atomic E-state index is 13.1. The molecule has 2 aromatic carbocycles. The minimum absolute atomic E-state index is 0.0667. The van der Waals surface area contributed by atoms with E-state index in [0.717, 1.165) is 19.3 Å². The Morgan fingerprint density at radius 2 is 1.90 bits per heavy atom. The van der Waals surface area contributed by atoms with Crippen LogP contribution in [0.2, 0.25) is 5.02 Å². The van der Waals surface area contributed by atoms with E-state index in [1.165, 1.54) is 30.3 Å². The predicted molar refractivity (Wildman–Crippen MR) is 121 cm³/mol. The zero-order chi connectivity index (χ0) is 22.4.